The van der Waals surface area contributed by atoms with Crippen molar-refractivity contribution in [2.75, 3.05) is 18.1 Å². The second kappa shape index (κ2) is 7.58. The van der Waals surface area contributed by atoms with E-state index in [0.717, 1.165) is 29.9 Å². The second-order valence-corrected chi connectivity index (χ2v) is 7.33. The Bertz CT molecular complexity index is 829. The van der Waals surface area contributed by atoms with E-state index in [4.69, 9.17) is 4.98 Å². The number of aryl methyl sites for hydroxylation is 1. The molecule has 0 radical (unpaired) electrons. The van der Waals surface area contributed by atoms with Crippen LogP contribution in [0.3, 0.4) is 0 Å². The van der Waals surface area contributed by atoms with E-state index in [0.29, 0.717) is 31.6 Å². The average molecular weight is 358 g/mol. The van der Waals surface area contributed by atoms with Crippen LogP contribution < -0.4 is 10.5 Å². The molecule has 140 valence electrons. The van der Waals surface area contributed by atoms with Crippen molar-refractivity contribution in [1.82, 2.24) is 14.5 Å². The highest BCUT2D eigenvalue weighted by molar-refractivity contribution is 5.58. The molecular formula is C20H27FN4O. The van der Waals surface area contributed by atoms with E-state index < -0.39 is 0 Å². The SMILES string of the molecule is CCc1c(C)nc2n(c1=O)CN(CCC(C)C)CN2c1ccc(F)cc1. The van der Waals surface area contributed by atoms with Gasteiger partial charge in [-0.2, -0.15) is 0 Å². The van der Waals surface area contributed by atoms with Crippen LogP contribution in [-0.4, -0.2) is 27.7 Å². The van der Waals surface area contributed by atoms with Crippen molar-refractivity contribution in [1.29, 1.82) is 0 Å². The van der Waals surface area contributed by atoms with Crippen LogP contribution in [0.2, 0.25) is 0 Å². The first-order valence-corrected chi connectivity index (χ1v) is 9.26. The second-order valence-electron chi connectivity index (χ2n) is 7.33. The van der Waals surface area contributed by atoms with Crippen LogP contribution in [0.5, 0.6) is 0 Å². The predicted molar refractivity (Wildman–Crippen MR) is 102 cm³/mol. The molecule has 26 heavy (non-hydrogen) atoms. The first-order chi connectivity index (χ1) is 12.4. The molecule has 0 unspecified atom stereocenters. The largest absolute Gasteiger partial charge is 0.298 e. The number of hydrogen-bond donors (Lipinski definition) is 0. The van der Waals surface area contributed by atoms with Crippen LogP contribution in [0, 0.1) is 18.7 Å². The molecular weight excluding hydrogens is 331 g/mol. The maximum Gasteiger partial charge on any atom is 0.259 e. The quantitative estimate of drug-likeness (QED) is 0.818. The minimum absolute atomic E-state index is 0.0244. The molecule has 1 aliphatic heterocycles. The lowest BCUT2D eigenvalue weighted by Crippen LogP contribution is -2.48. The molecule has 0 fully saturated rings. The molecule has 0 spiro atoms. The highest BCUT2D eigenvalue weighted by Crippen LogP contribution is 2.28. The zero-order valence-electron chi connectivity index (χ0n) is 16.0. The Morgan fingerprint density at radius 2 is 1.88 bits per heavy atom. The van der Waals surface area contributed by atoms with Gasteiger partial charge in [0.1, 0.15) is 5.82 Å². The summed E-state index contributed by atoms with van der Waals surface area (Å²) in [6, 6.07) is 6.36. The van der Waals surface area contributed by atoms with Crippen molar-refractivity contribution in [2.45, 2.75) is 47.2 Å². The van der Waals surface area contributed by atoms with Crippen molar-refractivity contribution < 1.29 is 4.39 Å². The van der Waals surface area contributed by atoms with Gasteiger partial charge in [0.25, 0.3) is 5.56 Å². The molecule has 1 aromatic carbocycles. The summed E-state index contributed by atoms with van der Waals surface area (Å²) >= 11 is 0. The topological polar surface area (TPSA) is 41.4 Å². The van der Waals surface area contributed by atoms with E-state index in [2.05, 4.69) is 18.7 Å². The molecule has 2 aromatic rings. The standard InChI is InChI=1S/C20H27FN4O/c1-5-18-15(4)22-20-24(17-8-6-16(21)7-9-17)12-23(11-10-14(2)3)13-25(20)19(18)26/h6-9,14H,5,10-13H2,1-4H3. The van der Waals surface area contributed by atoms with Crippen molar-refractivity contribution in [3.05, 3.63) is 51.7 Å². The van der Waals surface area contributed by atoms with Crippen LogP contribution in [0.15, 0.2) is 29.1 Å². The molecule has 1 aliphatic rings. The van der Waals surface area contributed by atoms with Crippen LogP contribution in [0.4, 0.5) is 16.0 Å². The van der Waals surface area contributed by atoms with E-state index >= 15 is 0 Å². The molecule has 0 amide bonds. The Balaban J connectivity index is 2.06. The Morgan fingerprint density at radius 1 is 1.19 bits per heavy atom. The van der Waals surface area contributed by atoms with Crippen molar-refractivity contribution in [3.8, 4) is 0 Å². The fourth-order valence-corrected chi connectivity index (χ4v) is 3.34. The Morgan fingerprint density at radius 3 is 2.50 bits per heavy atom. The number of anilines is 2. The molecule has 1 aromatic heterocycles. The number of rotatable bonds is 5. The summed E-state index contributed by atoms with van der Waals surface area (Å²) in [5.74, 6) is 0.956. The normalized spacial score (nSPS) is 14.8. The van der Waals surface area contributed by atoms with E-state index in [1.807, 2.05) is 18.7 Å². The Hall–Kier alpha value is -2.21. The van der Waals surface area contributed by atoms with Crippen molar-refractivity contribution >= 4 is 11.6 Å². The first-order valence-electron chi connectivity index (χ1n) is 9.26. The van der Waals surface area contributed by atoms with Gasteiger partial charge >= 0.3 is 0 Å². The zero-order chi connectivity index (χ0) is 18.8. The first kappa shape index (κ1) is 18.6. The third kappa shape index (κ3) is 3.65. The number of halogens is 1. The smallest absolute Gasteiger partial charge is 0.259 e. The summed E-state index contributed by atoms with van der Waals surface area (Å²) in [6.07, 6.45) is 1.72. The third-order valence-corrected chi connectivity index (χ3v) is 4.89. The fraction of sp³-hybridized carbons (Fsp3) is 0.500. The van der Waals surface area contributed by atoms with Gasteiger partial charge in [-0.25, -0.2) is 9.37 Å². The van der Waals surface area contributed by atoms with Gasteiger partial charge in [-0.3, -0.25) is 19.2 Å². The molecule has 0 bridgehead atoms. The van der Waals surface area contributed by atoms with Gasteiger partial charge in [0.05, 0.1) is 13.3 Å². The summed E-state index contributed by atoms with van der Waals surface area (Å²) in [4.78, 5) is 22.0. The van der Waals surface area contributed by atoms with Crippen molar-refractivity contribution in [3.63, 3.8) is 0 Å². The van der Waals surface area contributed by atoms with Gasteiger partial charge < -0.3 is 0 Å². The van der Waals surface area contributed by atoms with Gasteiger partial charge in [0, 0.05) is 23.5 Å². The lowest BCUT2D eigenvalue weighted by Gasteiger charge is -2.38. The van der Waals surface area contributed by atoms with Gasteiger partial charge in [0.2, 0.25) is 5.95 Å². The van der Waals surface area contributed by atoms with Gasteiger partial charge in [0.15, 0.2) is 0 Å². The Labute approximate surface area is 154 Å². The molecule has 0 saturated carbocycles. The number of fused-ring (bicyclic) bond motifs is 1. The highest BCUT2D eigenvalue weighted by atomic mass is 19.1. The van der Waals surface area contributed by atoms with Crippen LogP contribution in [0.25, 0.3) is 0 Å². The van der Waals surface area contributed by atoms with Crippen LogP contribution in [0.1, 0.15) is 38.4 Å². The van der Waals surface area contributed by atoms with E-state index in [9.17, 15) is 9.18 Å². The number of aromatic nitrogens is 2. The van der Waals surface area contributed by atoms with E-state index in [-0.39, 0.29) is 11.4 Å². The summed E-state index contributed by atoms with van der Waals surface area (Å²) in [5, 5.41) is 0. The van der Waals surface area contributed by atoms with E-state index in [1.165, 1.54) is 12.1 Å². The van der Waals surface area contributed by atoms with Crippen LogP contribution >= 0.6 is 0 Å². The molecule has 0 saturated heterocycles. The molecule has 6 heteroatoms. The average Bonchev–Trinajstić information content (AvgIpc) is 2.61. The van der Waals surface area contributed by atoms with Gasteiger partial charge in [-0.1, -0.05) is 20.8 Å². The molecule has 2 heterocycles. The number of benzene rings is 1. The highest BCUT2D eigenvalue weighted by Gasteiger charge is 2.27. The molecule has 0 aliphatic carbocycles. The fourth-order valence-electron chi connectivity index (χ4n) is 3.34. The van der Waals surface area contributed by atoms with Gasteiger partial charge in [-0.15, -0.1) is 0 Å². The number of nitrogens with zero attached hydrogens (tertiary/aromatic N) is 4. The zero-order valence-corrected chi connectivity index (χ0v) is 16.0. The molecule has 0 atom stereocenters. The molecule has 5 nitrogen and oxygen atoms in total. The Kier molecular flexibility index (Phi) is 5.41. The summed E-state index contributed by atoms with van der Waals surface area (Å²) in [5.41, 5.74) is 2.39. The lowest BCUT2D eigenvalue weighted by atomic mass is 10.1. The molecule has 0 N–H and O–H groups in total. The lowest BCUT2D eigenvalue weighted by molar-refractivity contribution is 0.188. The van der Waals surface area contributed by atoms with Crippen LogP contribution in [-0.2, 0) is 13.1 Å². The number of hydrogen-bond acceptors (Lipinski definition) is 4. The third-order valence-electron chi connectivity index (χ3n) is 4.89. The molecule has 3 rings (SSSR count). The maximum atomic E-state index is 13.4. The summed E-state index contributed by atoms with van der Waals surface area (Å²) in [6.45, 7) is 10.3. The van der Waals surface area contributed by atoms with Gasteiger partial charge in [-0.05, 0) is 49.9 Å². The predicted octanol–water partition coefficient (Wildman–Crippen LogP) is 3.67. The minimum atomic E-state index is -0.273. The van der Waals surface area contributed by atoms with E-state index in [1.54, 1.807) is 16.7 Å². The van der Waals surface area contributed by atoms with Crippen molar-refractivity contribution in [2.24, 2.45) is 5.92 Å². The summed E-state index contributed by atoms with van der Waals surface area (Å²) < 4.78 is 15.1. The maximum absolute atomic E-state index is 13.4. The minimum Gasteiger partial charge on any atom is -0.298 e. The summed E-state index contributed by atoms with van der Waals surface area (Å²) in [7, 11) is 0. The monoisotopic (exact) mass is 358 g/mol.